The summed E-state index contributed by atoms with van der Waals surface area (Å²) in [6, 6.07) is 0. The maximum absolute atomic E-state index is 5.80. The molecule has 0 spiro atoms. The van der Waals surface area contributed by atoms with Crippen molar-refractivity contribution in [1.29, 1.82) is 0 Å². The summed E-state index contributed by atoms with van der Waals surface area (Å²) in [6.07, 6.45) is 1.26. The molecular weight excluding hydrogens is 108 g/mol. The summed E-state index contributed by atoms with van der Waals surface area (Å²) >= 11 is 5.80. The number of alkyl halides is 1. The van der Waals surface area contributed by atoms with E-state index in [0.717, 1.165) is 11.8 Å². The summed E-state index contributed by atoms with van der Waals surface area (Å²) in [5.74, 6) is 1.63. The minimum absolute atomic E-state index is 0.505. The van der Waals surface area contributed by atoms with Gasteiger partial charge < -0.3 is 0 Å². The van der Waals surface area contributed by atoms with Crippen LogP contribution in [0.4, 0.5) is 0 Å². The van der Waals surface area contributed by atoms with Crippen molar-refractivity contribution in [3.8, 4) is 0 Å². The summed E-state index contributed by atoms with van der Waals surface area (Å²) in [5.41, 5.74) is 0. The van der Waals surface area contributed by atoms with Crippen molar-refractivity contribution in [1.82, 2.24) is 0 Å². The monoisotopic (exact) mass is 118 g/mol. The average Bonchev–Trinajstić information content (AvgIpc) is 2.17. The van der Waals surface area contributed by atoms with E-state index in [9.17, 15) is 0 Å². The number of hydrogen-bond acceptors (Lipinski definition) is 0. The van der Waals surface area contributed by atoms with Crippen molar-refractivity contribution in [2.24, 2.45) is 11.8 Å². The molecule has 1 heteroatoms. The van der Waals surface area contributed by atoms with Gasteiger partial charge in [0.25, 0.3) is 0 Å². The van der Waals surface area contributed by atoms with Gasteiger partial charge in [-0.2, -0.15) is 0 Å². The summed E-state index contributed by atoms with van der Waals surface area (Å²) in [6.45, 7) is 4.41. The molecule has 0 nitrogen and oxygen atoms in total. The minimum Gasteiger partial charge on any atom is -0.122 e. The standard InChI is InChI=1S/C6H11Cl/c1-3-5-4(2)6(5)7/h4-6H,3H2,1-2H3. The molecule has 0 saturated heterocycles. The van der Waals surface area contributed by atoms with Crippen LogP contribution in [0.2, 0.25) is 0 Å². The van der Waals surface area contributed by atoms with E-state index >= 15 is 0 Å². The quantitative estimate of drug-likeness (QED) is 0.464. The average molecular weight is 119 g/mol. The first kappa shape index (κ1) is 5.43. The number of halogens is 1. The van der Waals surface area contributed by atoms with Gasteiger partial charge in [-0.05, 0) is 11.8 Å². The molecule has 0 bridgehead atoms. The lowest BCUT2D eigenvalue weighted by atomic mass is 10.3. The predicted molar refractivity (Wildman–Crippen MR) is 32.6 cm³/mol. The van der Waals surface area contributed by atoms with Crippen molar-refractivity contribution in [2.45, 2.75) is 25.6 Å². The Balaban J connectivity index is 2.24. The Labute approximate surface area is 49.9 Å². The lowest BCUT2D eigenvalue weighted by Crippen LogP contribution is -1.71. The van der Waals surface area contributed by atoms with Crippen LogP contribution in [0.25, 0.3) is 0 Å². The first-order chi connectivity index (χ1) is 3.27. The molecule has 0 radical (unpaired) electrons. The first-order valence-electron chi connectivity index (χ1n) is 2.91. The Morgan fingerprint density at radius 3 is 2.00 bits per heavy atom. The van der Waals surface area contributed by atoms with E-state index in [2.05, 4.69) is 13.8 Å². The van der Waals surface area contributed by atoms with Crippen LogP contribution in [-0.4, -0.2) is 5.38 Å². The smallest absolute Gasteiger partial charge is 0.0395 e. The highest BCUT2D eigenvalue weighted by Gasteiger charge is 2.43. The zero-order valence-electron chi connectivity index (χ0n) is 4.82. The van der Waals surface area contributed by atoms with E-state index in [4.69, 9.17) is 11.6 Å². The Morgan fingerprint density at radius 1 is 1.57 bits per heavy atom. The Kier molecular flexibility index (Phi) is 1.29. The number of rotatable bonds is 1. The molecule has 0 amide bonds. The highest BCUT2D eigenvalue weighted by atomic mass is 35.5. The maximum Gasteiger partial charge on any atom is 0.0395 e. The third-order valence-electron chi connectivity index (χ3n) is 1.92. The Bertz CT molecular complexity index is 62.6. The van der Waals surface area contributed by atoms with E-state index in [1.54, 1.807) is 0 Å². The molecule has 0 aromatic carbocycles. The molecule has 3 unspecified atom stereocenters. The molecular formula is C6H11Cl. The van der Waals surface area contributed by atoms with Gasteiger partial charge in [0.15, 0.2) is 0 Å². The second-order valence-corrected chi connectivity index (χ2v) is 2.88. The van der Waals surface area contributed by atoms with Crippen LogP contribution in [0.5, 0.6) is 0 Å². The molecule has 0 N–H and O–H groups in total. The molecule has 1 fully saturated rings. The van der Waals surface area contributed by atoms with E-state index in [1.807, 2.05) is 0 Å². The van der Waals surface area contributed by atoms with Crippen LogP contribution in [0.15, 0.2) is 0 Å². The van der Waals surface area contributed by atoms with Crippen LogP contribution in [0, 0.1) is 11.8 Å². The molecule has 42 valence electrons. The van der Waals surface area contributed by atoms with Gasteiger partial charge in [-0.1, -0.05) is 20.3 Å². The lowest BCUT2D eigenvalue weighted by Gasteiger charge is -1.79. The fraction of sp³-hybridized carbons (Fsp3) is 1.00. The first-order valence-corrected chi connectivity index (χ1v) is 3.35. The zero-order chi connectivity index (χ0) is 5.44. The maximum atomic E-state index is 5.80. The molecule has 0 aromatic rings. The van der Waals surface area contributed by atoms with Crippen molar-refractivity contribution in [3.63, 3.8) is 0 Å². The molecule has 0 aliphatic heterocycles. The van der Waals surface area contributed by atoms with E-state index in [1.165, 1.54) is 6.42 Å². The van der Waals surface area contributed by atoms with E-state index in [-0.39, 0.29) is 0 Å². The van der Waals surface area contributed by atoms with Gasteiger partial charge in [-0.15, -0.1) is 11.6 Å². The van der Waals surface area contributed by atoms with Gasteiger partial charge in [0.2, 0.25) is 0 Å². The summed E-state index contributed by atoms with van der Waals surface area (Å²) in [7, 11) is 0. The molecule has 1 aliphatic carbocycles. The molecule has 1 saturated carbocycles. The largest absolute Gasteiger partial charge is 0.122 e. The van der Waals surface area contributed by atoms with Crippen LogP contribution in [0.1, 0.15) is 20.3 Å². The Morgan fingerprint density at radius 2 is 2.00 bits per heavy atom. The molecule has 0 heterocycles. The van der Waals surface area contributed by atoms with Gasteiger partial charge in [0.1, 0.15) is 0 Å². The van der Waals surface area contributed by atoms with Crippen LogP contribution in [0.3, 0.4) is 0 Å². The van der Waals surface area contributed by atoms with Crippen LogP contribution >= 0.6 is 11.6 Å². The van der Waals surface area contributed by atoms with E-state index in [0.29, 0.717) is 5.38 Å². The molecule has 3 atom stereocenters. The summed E-state index contributed by atoms with van der Waals surface area (Å²) < 4.78 is 0. The second-order valence-electron chi connectivity index (χ2n) is 2.38. The normalized spacial score (nSPS) is 49.3. The van der Waals surface area contributed by atoms with Crippen molar-refractivity contribution >= 4 is 11.6 Å². The lowest BCUT2D eigenvalue weighted by molar-refractivity contribution is 0.724. The fourth-order valence-corrected chi connectivity index (χ4v) is 1.60. The van der Waals surface area contributed by atoms with Gasteiger partial charge in [-0.25, -0.2) is 0 Å². The SMILES string of the molecule is CCC1C(C)C1Cl. The second kappa shape index (κ2) is 1.66. The summed E-state index contributed by atoms with van der Waals surface area (Å²) in [4.78, 5) is 0. The zero-order valence-corrected chi connectivity index (χ0v) is 5.57. The van der Waals surface area contributed by atoms with Gasteiger partial charge in [0, 0.05) is 5.38 Å². The topological polar surface area (TPSA) is 0 Å². The van der Waals surface area contributed by atoms with Crippen molar-refractivity contribution < 1.29 is 0 Å². The highest BCUT2D eigenvalue weighted by Crippen LogP contribution is 2.45. The van der Waals surface area contributed by atoms with Crippen molar-refractivity contribution in [3.05, 3.63) is 0 Å². The summed E-state index contributed by atoms with van der Waals surface area (Å²) in [5, 5.41) is 0.505. The number of hydrogen-bond donors (Lipinski definition) is 0. The minimum atomic E-state index is 0.505. The van der Waals surface area contributed by atoms with Gasteiger partial charge in [-0.3, -0.25) is 0 Å². The molecule has 0 aromatic heterocycles. The molecule has 1 aliphatic rings. The molecule has 7 heavy (non-hydrogen) atoms. The van der Waals surface area contributed by atoms with Crippen molar-refractivity contribution in [2.75, 3.05) is 0 Å². The Hall–Kier alpha value is 0.290. The van der Waals surface area contributed by atoms with E-state index < -0.39 is 0 Å². The highest BCUT2D eigenvalue weighted by molar-refractivity contribution is 6.22. The third kappa shape index (κ3) is 0.766. The third-order valence-corrected chi connectivity index (χ3v) is 2.64. The predicted octanol–water partition coefficient (Wildman–Crippen LogP) is 2.27. The van der Waals surface area contributed by atoms with Crippen LogP contribution < -0.4 is 0 Å². The van der Waals surface area contributed by atoms with Crippen LogP contribution in [-0.2, 0) is 0 Å². The van der Waals surface area contributed by atoms with Gasteiger partial charge in [0.05, 0.1) is 0 Å². The van der Waals surface area contributed by atoms with Gasteiger partial charge >= 0.3 is 0 Å². The molecule has 1 rings (SSSR count). The fourth-order valence-electron chi connectivity index (χ4n) is 1.09.